The number of para-hydroxylation sites is 1. The molecule has 4 N–H and O–H groups in total. The van der Waals surface area contributed by atoms with Gasteiger partial charge in [0, 0.05) is 23.5 Å². The quantitative estimate of drug-likeness (QED) is 0.175. The maximum Gasteiger partial charge on any atom is 0.328 e. The number of fused-ring (bicyclic) bond motifs is 2. The molecule has 0 radical (unpaired) electrons. The summed E-state index contributed by atoms with van der Waals surface area (Å²) in [5.74, 6) is -0.635. The van der Waals surface area contributed by atoms with Gasteiger partial charge in [0.1, 0.15) is 30.1 Å². The Hall–Kier alpha value is -4.34. The van der Waals surface area contributed by atoms with E-state index in [9.17, 15) is 18.0 Å². The molecule has 2 unspecified atom stereocenters. The lowest BCUT2D eigenvalue weighted by Crippen LogP contribution is -2.47. The van der Waals surface area contributed by atoms with Crippen molar-refractivity contribution >= 4 is 54.4 Å². The Labute approximate surface area is 251 Å². The fourth-order valence-electron chi connectivity index (χ4n) is 4.71. The highest BCUT2D eigenvalue weighted by Gasteiger charge is 2.31. The fraction of sp³-hybridized carbons (Fsp3) is 0.321. The SMILES string of the molecule is CCOC(=O)C(Cc1c[nH]c2ccccc12)NC(=O)C(C(C)C)n1cc(COc2ccc3nc(S(N)(=O)=O)sc3c2)nn1. The Balaban J connectivity index is 1.29. The number of carbonyl (C=O) groups excluding carboxylic acids is 2. The summed E-state index contributed by atoms with van der Waals surface area (Å²) in [4.78, 5) is 33.7. The van der Waals surface area contributed by atoms with E-state index < -0.39 is 34.0 Å². The Morgan fingerprint density at radius 3 is 2.72 bits per heavy atom. The van der Waals surface area contributed by atoms with Crippen LogP contribution in [0.2, 0.25) is 0 Å². The molecule has 5 aromatic rings. The third kappa shape index (κ3) is 6.84. The minimum Gasteiger partial charge on any atom is -0.487 e. The molecule has 3 aromatic heterocycles. The highest BCUT2D eigenvalue weighted by atomic mass is 32.2. The first-order valence-corrected chi connectivity index (χ1v) is 15.9. The van der Waals surface area contributed by atoms with Crippen LogP contribution < -0.4 is 15.2 Å². The third-order valence-electron chi connectivity index (χ3n) is 6.70. The second kappa shape index (κ2) is 12.5. The fourth-order valence-corrected chi connectivity index (χ4v) is 6.40. The van der Waals surface area contributed by atoms with Crippen molar-refractivity contribution in [3.8, 4) is 5.75 Å². The number of rotatable bonds is 12. The van der Waals surface area contributed by atoms with E-state index >= 15 is 0 Å². The largest absolute Gasteiger partial charge is 0.487 e. The molecule has 2 aromatic carbocycles. The van der Waals surface area contributed by atoms with Gasteiger partial charge in [0.15, 0.2) is 0 Å². The second-order valence-corrected chi connectivity index (χ2v) is 13.0. The molecule has 0 aliphatic rings. The van der Waals surface area contributed by atoms with Gasteiger partial charge >= 0.3 is 5.97 Å². The molecule has 0 saturated carbocycles. The number of aromatic nitrogens is 5. The molecule has 13 nitrogen and oxygen atoms in total. The van der Waals surface area contributed by atoms with Crippen molar-refractivity contribution < 1.29 is 27.5 Å². The number of thiazole rings is 1. The molecule has 226 valence electrons. The number of amides is 1. The number of aromatic amines is 1. The number of H-pyrrole nitrogens is 1. The topological polar surface area (TPSA) is 184 Å². The van der Waals surface area contributed by atoms with E-state index in [4.69, 9.17) is 14.6 Å². The summed E-state index contributed by atoms with van der Waals surface area (Å²) in [7, 11) is -3.90. The number of benzene rings is 2. The van der Waals surface area contributed by atoms with E-state index in [0.29, 0.717) is 21.7 Å². The predicted molar refractivity (Wildman–Crippen MR) is 160 cm³/mol. The summed E-state index contributed by atoms with van der Waals surface area (Å²) in [6, 6.07) is 11.0. The van der Waals surface area contributed by atoms with Crippen LogP contribution in [0.5, 0.6) is 5.75 Å². The summed E-state index contributed by atoms with van der Waals surface area (Å²) < 4.78 is 36.2. The van der Waals surface area contributed by atoms with Crippen molar-refractivity contribution in [3.05, 3.63) is 66.1 Å². The van der Waals surface area contributed by atoms with E-state index in [0.717, 1.165) is 27.8 Å². The number of nitrogens with two attached hydrogens (primary N) is 1. The summed E-state index contributed by atoms with van der Waals surface area (Å²) in [6.07, 6.45) is 3.70. The molecule has 43 heavy (non-hydrogen) atoms. The standard InChI is InChI=1S/C28H31N7O6S2/c1-4-40-27(37)23(11-17-13-30-21-8-6-5-7-20(17)21)31-26(36)25(16(2)3)35-14-18(33-34-35)15-41-19-9-10-22-24(12-19)42-28(32-22)43(29,38)39/h5-10,12-14,16,23,25,30H,4,11,15H2,1-3H3,(H,31,36)(H2,29,38,39). The molecule has 15 heteroatoms. The van der Waals surface area contributed by atoms with E-state index in [1.165, 1.54) is 4.68 Å². The van der Waals surface area contributed by atoms with Crippen molar-refractivity contribution in [1.82, 2.24) is 30.3 Å². The van der Waals surface area contributed by atoms with Gasteiger partial charge in [0.25, 0.3) is 10.0 Å². The number of sulfonamides is 1. The molecule has 0 fully saturated rings. The number of carbonyl (C=O) groups is 2. The minimum atomic E-state index is -3.90. The van der Waals surface area contributed by atoms with Gasteiger partial charge in [-0.1, -0.05) is 37.3 Å². The summed E-state index contributed by atoms with van der Waals surface area (Å²) in [6.45, 7) is 5.70. The van der Waals surface area contributed by atoms with Gasteiger partial charge in [-0.3, -0.25) is 4.79 Å². The number of hydrogen-bond acceptors (Lipinski definition) is 10. The number of nitrogens with one attached hydrogen (secondary N) is 2. The van der Waals surface area contributed by atoms with Crippen LogP contribution in [0.25, 0.3) is 21.1 Å². The lowest BCUT2D eigenvalue weighted by atomic mass is 10.0. The maximum absolute atomic E-state index is 13.6. The molecule has 0 aliphatic heterocycles. The number of hydrogen-bond donors (Lipinski definition) is 3. The second-order valence-electron chi connectivity index (χ2n) is 10.2. The predicted octanol–water partition coefficient (Wildman–Crippen LogP) is 3.08. The lowest BCUT2D eigenvalue weighted by Gasteiger charge is -2.24. The average molecular weight is 626 g/mol. The van der Waals surface area contributed by atoms with Crippen LogP contribution >= 0.6 is 11.3 Å². The average Bonchev–Trinajstić information content (AvgIpc) is 3.70. The Morgan fingerprint density at radius 1 is 1.19 bits per heavy atom. The molecular weight excluding hydrogens is 594 g/mol. The van der Waals surface area contributed by atoms with Gasteiger partial charge in [0.05, 0.1) is 23.0 Å². The summed E-state index contributed by atoms with van der Waals surface area (Å²) in [5, 5.41) is 17.4. The van der Waals surface area contributed by atoms with Crippen molar-refractivity contribution in [1.29, 1.82) is 0 Å². The molecule has 0 saturated heterocycles. The van der Waals surface area contributed by atoms with Crippen LogP contribution in [0.4, 0.5) is 0 Å². The van der Waals surface area contributed by atoms with Gasteiger partial charge in [-0.15, -0.1) is 16.4 Å². The molecule has 2 atom stereocenters. The van der Waals surface area contributed by atoms with Crippen molar-refractivity contribution in [3.63, 3.8) is 0 Å². The molecule has 1 amide bonds. The first-order chi connectivity index (χ1) is 20.5. The van der Waals surface area contributed by atoms with Crippen molar-refractivity contribution in [2.45, 2.75) is 50.2 Å². The molecule has 0 spiro atoms. The van der Waals surface area contributed by atoms with Crippen LogP contribution in [0, 0.1) is 5.92 Å². The molecule has 3 heterocycles. The van der Waals surface area contributed by atoms with Crippen LogP contribution in [-0.4, -0.2) is 57.9 Å². The Morgan fingerprint density at radius 2 is 1.98 bits per heavy atom. The first-order valence-electron chi connectivity index (χ1n) is 13.5. The normalized spacial score (nSPS) is 13.3. The number of nitrogens with zero attached hydrogens (tertiary/aromatic N) is 4. The van der Waals surface area contributed by atoms with Crippen molar-refractivity contribution in [2.24, 2.45) is 11.1 Å². The van der Waals surface area contributed by atoms with E-state index in [-0.39, 0.29) is 29.9 Å². The maximum atomic E-state index is 13.6. The minimum absolute atomic E-state index is 0.0464. The van der Waals surface area contributed by atoms with E-state index in [2.05, 4.69) is 25.6 Å². The first kappa shape index (κ1) is 30.1. The molecule has 0 bridgehead atoms. The number of primary sulfonamides is 1. The lowest BCUT2D eigenvalue weighted by molar-refractivity contribution is -0.148. The van der Waals surface area contributed by atoms with Gasteiger partial charge < -0.3 is 19.8 Å². The molecule has 5 rings (SSSR count). The monoisotopic (exact) mass is 625 g/mol. The van der Waals surface area contributed by atoms with Crippen LogP contribution in [0.1, 0.15) is 38.1 Å². The molecular formula is C28H31N7O6S2. The zero-order valence-electron chi connectivity index (χ0n) is 23.7. The zero-order chi connectivity index (χ0) is 30.7. The highest BCUT2D eigenvalue weighted by Crippen LogP contribution is 2.29. The van der Waals surface area contributed by atoms with Crippen molar-refractivity contribution in [2.75, 3.05) is 6.61 Å². The summed E-state index contributed by atoms with van der Waals surface area (Å²) in [5.41, 5.74) is 2.77. The van der Waals surface area contributed by atoms with E-state index in [1.807, 2.05) is 44.3 Å². The third-order valence-corrected chi connectivity index (χ3v) is 9.04. The smallest absolute Gasteiger partial charge is 0.328 e. The number of ether oxygens (including phenoxy) is 2. The van der Waals surface area contributed by atoms with E-state index in [1.54, 1.807) is 31.3 Å². The van der Waals surface area contributed by atoms with Gasteiger partial charge in [-0.05, 0) is 42.7 Å². The summed E-state index contributed by atoms with van der Waals surface area (Å²) >= 11 is 0.950. The van der Waals surface area contributed by atoms with Crippen LogP contribution in [0.15, 0.2) is 59.2 Å². The van der Waals surface area contributed by atoms with Gasteiger partial charge in [-0.2, -0.15) is 0 Å². The zero-order valence-corrected chi connectivity index (χ0v) is 25.3. The van der Waals surface area contributed by atoms with Crippen LogP contribution in [0.3, 0.4) is 0 Å². The Bertz CT molecular complexity index is 1880. The Kier molecular flexibility index (Phi) is 8.75. The van der Waals surface area contributed by atoms with Gasteiger partial charge in [0.2, 0.25) is 10.2 Å². The molecule has 0 aliphatic carbocycles. The van der Waals surface area contributed by atoms with Crippen LogP contribution in [-0.2, 0) is 37.4 Å². The number of esters is 1. The highest BCUT2D eigenvalue weighted by molar-refractivity contribution is 7.91. The van der Waals surface area contributed by atoms with Gasteiger partial charge in [-0.25, -0.2) is 28.0 Å².